The summed E-state index contributed by atoms with van der Waals surface area (Å²) < 4.78 is 0. The third-order valence-electron chi connectivity index (χ3n) is 2.40. The molecule has 1 aliphatic heterocycles. The smallest absolute Gasteiger partial charge is 0.0335 e. The molecule has 0 bridgehead atoms. The largest absolute Gasteiger partial charge is 0.310 e. The van der Waals surface area contributed by atoms with Gasteiger partial charge < -0.3 is 5.32 Å². The van der Waals surface area contributed by atoms with Crippen LogP contribution in [0.25, 0.3) is 0 Å². The van der Waals surface area contributed by atoms with Gasteiger partial charge in [0.1, 0.15) is 0 Å². The first-order valence-electron chi connectivity index (χ1n) is 4.85. The summed E-state index contributed by atoms with van der Waals surface area (Å²) in [4.78, 5) is 4.12. The van der Waals surface area contributed by atoms with Crippen molar-refractivity contribution in [2.45, 2.75) is 25.3 Å². The fourth-order valence-electron chi connectivity index (χ4n) is 1.72. The number of nitrogens with zero attached hydrogens (tertiary/aromatic N) is 1. The van der Waals surface area contributed by atoms with Crippen molar-refractivity contribution in [3.8, 4) is 0 Å². The Morgan fingerprint density at radius 3 is 2.73 bits per heavy atom. The molecule has 1 aliphatic rings. The molecule has 1 N–H and O–H groups in total. The maximum Gasteiger partial charge on any atom is 0.0335 e. The molecule has 87 valence electrons. The standard InChI is InChI=1S/C10H14N2.2ClH.Co/c1-2-7-12-10(5-1)9-4-3-6-11-8-9;;;/h3-4,6,8,10,12H,1-2,5,7H2;2*1H;/q;;;+2/p-2. The molecule has 1 fully saturated rings. The molecule has 2 heterocycles. The average molecular weight is 292 g/mol. The van der Waals surface area contributed by atoms with Gasteiger partial charge in [-0.3, -0.25) is 4.98 Å². The van der Waals surface area contributed by atoms with Crippen LogP contribution in [0.2, 0.25) is 0 Å². The van der Waals surface area contributed by atoms with Crippen molar-refractivity contribution in [2.24, 2.45) is 0 Å². The minimum atomic E-state index is 0.382. The Labute approximate surface area is 105 Å². The maximum absolute atomic E-state index is 4.73. The molecule has 1 aromatic rings. The number of halogens is 2. The molecule has 2 nitrogen and oxygen atoms in total. The predicted octanol–water partition coefficient (Wildman–Crippen LogP) is 3.27. The van der Waals surface area contributed by atoms with Gasteiger partial charge in [-0.15, -0.1) is 0 Å². The second-order valence-electron chi connectivity index (χ2n) is 3.34. The van der Waals surface area contributed by atoms with E-state index in [-0.39, 0.29) is 0 Å². The molecule has 0 aliphatic carbocycles. The zero-order valence-electron chi connectivity index (χ0n) is 8.25. The Bertz CT molecular complexity index is 253. The van der Waals surface area contributed by atoms with Gasteiger partial charge in [0.2, 0.25) is 0 Å². The van der Waals surface area contributed by atoms with Gasteiger partial charge in [0, 0.05) is 18.4 Å². The quantitative estimate of drug-likeness (QED) is 0.859. The Hall–Kier alpha value is 0.196. The summed E-state index contributed by atoms with van der Waals surface area (Å²) in [6.45, 7) is 1.15. The summed E-state index contributed by atoms with van der Waals surface area (Å²) in [5.74, 6) is 0. The van der Waals surface area contributed by atoms with Crippen LogP contribution in [0.4, 0.5) is 0 Å². The van der Waals surface area contributed by atoms with E-state index in [0.29, 0.717) is 18.9 Å². The predicted molar refractivity (Wildman–Crippen MR) is 60.5 cm³/mol. The summed E-state index contributed by atoms with van der Waals surface area (Å²) >= 11 is 0.382. The van der Waals surface area contributed by atoms with Crippen molar-refractivity contribution in [1.82, 2.24) is 10.3 Å². The minimum absolute atomic E-state index is 0.382. The molecule has 5 heteroatoms. The van der Waals surface area contributed by atoms with E-state index in [9.17, 15) is 0 Å². The van der Waals surface area contributed by atoms with Crippen LogP contribution in [0, 0.1) is 0 Å². The van der Waals surface area contributed by atoms with Crippen molar-refractivity contribution >= 4 is 20.3 Å². The fraction of sp³-hybridized carbons (Fsp3) is 0.500. The number of hydrogen-bond acceptors (Lipinski definition) is 2. The maximum atomic E-state index is 4.73. The van der Waals surface area contributed by atoms with Crippen LogP contribution in [-0.4, -0.2) is 11.5 Å². The first kappa shape index (κ1) is 13.3. The fourth-order valence-corrected chi connectivity index (χ4v) is 1.72. The molecule has 2 rings (SSSR count). The second-order valence-corrected chi connectivity index (χ2v) is 5.06. The Kier molecular flexibility index (Phi) is 7.39. The van der Waals surface area contributed by atoms with Crippen LogP contribution in [0.5, 0.6) is 0 Å². The van der Waals surface area contributed by atoms with Crippen molar-refractivity contribution in [1.29, 1.82) is 0 Å². The summed E-state index contributed by atoms with van der Waals surface area (Å²) in [7, 11) is 9.47. The second kappa shape index (κ2) is 8.36. The molecule has 1 saturated heterocycles. The Balaban J connectivity index is 0.000000337. The van der Waals surface area contributed by atoms with Gasteiger partial charge in [0.15, 0.2) is 0 Å². The minimum Gasteiger partial charge on any atom is -0.310 e. The van der Waals surface area contributed by atoms with Crippen molar-refractivity contribution < 1.29 is 12.9 Å². The van der Waals surface area contributed by atoms with Gasteiger partial charge >= 0.3 is 33.2 Å². The third-order valence-corrected chi connectivity index (χ3v) is 2.40. The van der Waals surface area contributed by atoms with Gasteiger partial charge in [-0.2, -0.15) is 0 Å². The van der Waals surface area contributed by atoms with Crippen LogP contribution in [0.1, 0.15) is 30.9 Å². The Morgan fingerprint density at radius 1 is 1.40 bits per heavy atom. The molecule has 0 spiro atoms. The van der Waals surface area contributed by atoms with E-state index < -0.39 is 0 Å². The topological polar surface area (TPSA) is 24.9 Å². The van der Waals surface area contributed by atoms with Crippen LogP contribution < -0.4 is 5.32 Å². The summed E-state index contributed by atoms with van der Waals surface area (Å²) in [6.07, 6.45) is 7.70. The van der Waals surface area contributed by atoms with Gasteiger partial charge in [0.05, 0.1) is 0 Å². The molecule has 15 heavy (non-hydrogen) atoms. The number of nitrogens with one attached hydrogen (secondary N) is 1. The van der Waals surface area contributed by atoms with Crippen LogP contribution in [-0.2, 0) is 12.9 Å². The summed E-state index contributed by atoms with van der Waals surface area (Å²) in [5.41, 5.74) is 1.33. The van der Waals surface area contributed by atoms with E-state index in [2.05, 4.69) is 16.4 Å². The number of rotatable bonds is 1. The van der Waals surface area contributed by atoms with E-state index in [1.165, 1.54) is 24.8 Å². The zero-order valence-corrected chi connectivity index (χ0v) is 10.8. The van der Waals surface area contributed by atoms with E-state index >= 15 is 0 Å². The van der Waals surface area contributed by atoms with Crippen LogP contribution >= 0.6 is 20.3 Å². The van der Waals surface area contributed by atoms with Crippen molar-refractivity contribution in [2.75, 3.05) is 6.54 Å². The van der Waals surface area contributed by atoms with Gasteiger partial charge in [-0.25, -0.2) is 0 Å². The van der Waals surface area contributed by atoms with E-state index in [4.69, 9.17) is 20.3 Å². The monoisotopic (exact) mass is 291 g/mol. The molecule has 0 aromatic carbocycles. The van der Waals surface area contributed by atoms with Crippen molar-refractivity contribution in [3.63, 3.8) is 0 Å². The molecular weight excluding hydrogens is 278 g/mol. The molecule has 1 atom stereocenters. The van der Waals surface area contributed by atoms with Gasteiger partial charge in [-0.1, -0.05) is 12.5 Å². The van der Waals surface area contributed by atoms with Crippen LogP contribution in [0.3, 0.4) is 0 Å². The summed E-state index contributed by atoms with van der Waals surface area (Å²) in [6, 6.07) is 4.70. The van der Waals surface area contributed by atoms with E-state index in [0.717, 1.165) is 6.54 Å². The normalized spacial score (nSPS) is 20.5. The number of piperidine rings is 1. The average Bonchev–Trinajstić information content (AvgIpc) is 2.32. The third kappa shape index (κ3) is 5.18. The number of hydrogen-bond donors (Lipinski definition) is 1. The summed E-state index contributed by atoms with van der Waals surface area (Å²) in [5, 5.41) is 3.50. The van der Waals surface area contributed by atoms with Gasteiger partial charge in [0.25, 0.3) is 0 Å². The number of pyridine rings is 1. The first-order chi connectivity index (χ1) is 7.38. The molecule has 1 aromatic heterocycles. The van der Waals surface area contributed by atoms with Crippen LogP contribution in [0.15, 0.2) is 24.5 Å². The zero-order chi connectivity index (χ0) is 10.9. The van der Waals surface area contributed by atoms with Crippen molar-refractivity contribution in [3.05, 3.63) is 30.1 Å². The Morgan fingerprint density at radius 2 is 2.20 bits per heavy atom. The number of aromatic nitrogens is 1. The first-order valence-corrected chi connectivity index (χ1v) is 7.72. The molecule has 0 radical (unpaired) electrons. The molecule has 1 unspecified atom stereocenters. The molecule has 0 amide bonds. The van der Waals surface area contributed by atoms with Gasteiger partial charge in [-0.05, 0) is 31.0 Å². The SMILES string of the molecule is [Cl][Co][Cl].c1cncc(C2CCCCN2)c1. The molecule has 0 saturated carbocycles. The van der Waals surface area contributed by atoms with E-state index in [1.807, 2.05) is 18.5 Å². The van der Waals surface area contributed by atoms with E-state index in [1.54, 1.807) is 0 Å². The molecular formula is C10H14Cl2CoN2.